The van der Waals surface area contributed by atoms with Crippen LogP contribution in [0.4, 0.5) is 0 Å². The van der Waals surface area contributed by atoms with Crippen molar-refractivity contribution in [1.82, 2.24) is 0 Å². The van der Waals surface area contributed by atoms with Gasteiger partial charge in [-0.05, 0) is 18.6 Å². The average molecular weight is 187 g/mol. The van der Waals surface area contributed by atoms with Crippen molar-refractivity contribution in [3.05, 3.63) is 66.9 Å². The summed E-state index contributed by atoms with van der Waals surface area (Å²) in [4.78, 5) is 0. The standard InChI is InChI=1S/C8H8.C5H9N/c1-2-8-6-4-3-5-7-8;1-3-4-5(2)6/h2-7H,1H2;3-4H,2,6H2,1H3/b;4-3-. The van der Waals surface area contributed by atoms with Crippen LogP contribution in [0.5, 0.6) is 0 Å². The summed E-state index contributed by atoms with van der Waals surface area (Å²) in [6.45, 7) is 8.97. The van der Waals surface area contributed by atoms with E-state index < -0.39 is 0 Å². The first-order valence-electron chi connectivity index (χ1n) is 4.45. The van der Waals surface area contributed by atoms with Gasteiger partial charge < -0.3 is 5.73 Å². The first-order valence-corrected chi connectivity index (χ1v) is 4.45. The highest BCUT2D eigenvalue weighted by molar-refractivity contribution is 5.45. The van der Waals surface area contributed by atoms with Gasteiger partial charge in [0.2, 0.25) is 0 Å². The lowest BCUT2D eigenvalue weighted by Gasteiger charge is -1.85. The number of benzene rings is 1. The van der Waals surface area contributed by atoms with Crippen molar-refractivity contribution >= 4 is 6.08 Å². The Balaban J connectivity index is 0.000000255. The normalized spacial score (nSPS) is 8.93. The highest BCUT2D eigenvalue weighted by Crippen LogP contribution is 1.97. The van der Waals surface area contributed by atoms with Crippen LogP contribution in [0.2, 0.25) is 0 Å². The molecule has 14 heavy (non-hydrogen) atoms. The molecule has 74 valence electrons. The fourth-order valence-corrected chi connectivity index (χ4v) is 0.803. The second-order valence-electron chi connectivity index (χ2n) is 2.69. The van der Waals surface area contributed by atoms with E-state index in [0.29, 0.717) is 5.70 Å². The predicted molar refractivity (Wildman–Crippen MR) is 64.7 cm³/mol. The Morgan fingerprint density at radius 3 is 2.07 bits per heavy atom. The summed E-state index contributed by atoms with van der Waals surface area (Å²) >= 11 is 0. The summed E-state index contributed by atoms with van der Waals surface area (Å²) in [5.74, 6) is 0. The van der Waals surface area contributed by atoms with Gasteiger partial charge in [-0.2, -0.15) is 0 Å². The zero-order valence-electron chi connectivity index (χ0n) is 8.61. The summed E-state index contributed by atoms with van der Waals surface area (Å²) in [5.41, 5.74) is 6.90. The van der Waals surface area contributed by atoms with E-state index in [9.17, 15) is 0 Å². The SMILES string of the molecule is C=C(N)/C=C\C.C=Cc1ccccc1. The number of hydrogen-bond acceptors (Lipinski definition) is 1. The van der Waals surface area contributed by atoms with Gasteiger partial charge in [-0.3, -0.25) is 0 Å². The molecule has 2 N–H and O–H groups in total. The van der Waals surface area contributed by atoms with Crippen LogP contribution >= 0.6 is 0 Å². The molecule has 0 amide bonds. The minimum Gasteiger partial charge on any atom is -0.399 e. The van der Waals surface area contributed by atoms with Crippen molar-refractivity contribution in [1.29, 1.82) is 0 Å². The van der Waals surface area contributed by atoms with Gasteiger partial charge in [0.05, 0.1) is 0 Å². The molecular formula is C13H17N. The van der Waals surface area contributed by atoms with Gasteiger partial charge in [-0.15, -0.1) is 0 Å². The van der Waals surface area contributed by atoms with Crippen LogP contribution in [0, 0.1) is 0 Å². The number of allylic oxidation sites excluding steroid dienone is 2. The highest BCUT2D eigenvalue weighted by Gasteiger charge is 1.75. The fraction of sp³-hybridized carbons (Fsp3) is 0.0769. The minimum atomic E-state index is 0.609. The molecule has 0 heterocycles. The molecule has 0 fully saturated rings. The molecule has 0 unspecified atom stereocenters. The highest BCUT2D eigenvalue weighted by atomic mass is 14.5. The third-order valence-electron chi connectivity index (χ3n) is 1.42. The van der Waals surface area contributed by atoms with Gasteiger partial charge in [0, 0.05) is 5.70 Å². The van der Waals surface area contributed by atoms with Crippen molar-refractivity contribution in [3.63, 3.8) is 0 Å². The van der Waals surface area contributed by atoms with Gasteiger partial charge in [0.15, 0.2) is 0 Å². The number of hydrogen-bond donors (Lipinski definition) is 1. The van der Waals surface area contributed by atoms with Crippen molar-refractivity contribution in [3.8, 4) is 0 Å². The van der Waals surface area contributed by atoms with Gasteiger partial charge in [0.25, 0.3) is 0 Å². The van der Waals surface area contributed by atoms with Crippen molar-refractivity contribution in [2.75, 3.05) is 0 Å². The topological polar surface area (TPSA) is 26.0 Å². The van der Waals surface area contributed by atoms with E-state index in [4.69, 9.17) is 5.73 Å². The zero-order valence-corrected chi connectivity index (χ0v) is 8.61. The van der Waals surface area contributed by atoms with Crippen LogP contribution < -0.4 is 5.73 Å². The smallest absolute Gasteiger partial charge is 0.0237 e. The number of rotatable bonds is 2. The Hall–Kier alpha value is -1.76. The number of nitrogens with two attached hydrogens (primary N) is 1. The van der Waals surface area contributed by atoms with Crippen LogP contribution in [0.15, 0.2) is 61.3 Å². The van der Waals surface area contributed by atoms with E-state index in [1.165, 1.54) is 5.56 Å². The molecule has 0 bridgehead atoms. The Labute approximate surface area is 86.3 Å². The Kier molecular flexibility index (Phi) is 6.88. The van der Waals surface area contributed by atoms with Crippen LogP contribution in [0.1, 0.15) is 12.5 Å². The van der Waals surface area contributed by atoms with E-state index in [-0.39, 0.29) is 0 Å². The lowest BCUT2D eigenvalue weighted by Crippen LogP contribution is -1.86. The van der Waals surface area contributed by atoms with E-state index in [2.05, 4.69) is 13.2 Å². The largest absolute Gasteiger partial charge is 0.399 e. The van der Waals surface area contributed by atoms with Gasteiger partial charge in [-0.1, -0.05) is 55.6 Å². The molecule has 0 aliphatic rings. The molecule has 0 radical (unpaired) electrons. The van der Waals surface area contributed by atoms with Gasteiger partial charge in [0.1, 0.15) is 0 Å². The van der Waals surface area contributed by atoms with E-state index in [1.54, 1.807) is 6.08 Å². The fourth-order valence-electron chi connectivity index (χ4n) is 0.803. The van der Waals surface area contributed by atoms with Crippen molar-refractivity contribution in [2.45, 2.75) is 6.92 Å². The summed E-state index contributed by atoms with van der Waals surface area (Å²) in [5, 5.41) is 0. The second-order valence-corrected chi connectivity index (χ2v) is 2.69. The molecule has 0 aliphatic heterocycles. The van der Waals surface area contributed by atoms with Crippen molar-refractivity contribution < 1.29 is 0 Å². The molecule has 1 heteroatoms. The maximum atomic E-state index is 5.12. The Bertz CT molecular complexity index is 296. The lowest BCUT2D eigenvalue weighted by molar-refractivity contribution is 1.44. The van der Waals surface area contributed by atoms with E-state index >= 15 is 0 Å². The van der Waals surface area contributed by atoms with Crippen LogP contribution in [-0.2, 0) is 0 Å². The third-order valence-corrected chi connectivity index (χ3v) is 1.42. The summed E-state index contributed by atoms with van der Waals surface area (Å²) in [6, 6.07) is 10.0. The molecule has 0 aromatic heterocycles. The summed E-state index contributed by atoms with van der Waals surface area (Å²) in [6.07, 6.45) is 5.43. The monoisotopic (exact) mass is 187 g/mol. The molecule has 0 atom stereocenters. The molecule has 1 rings (SSSR count). The predicted octanol–water partition coefficient (Wildman–Crippen LogP) is 3.36. The molecule has 1 nitrogen and oxygen atoms in total. The van der Waals surface area contributed by atoms with Gasteiger partial charge in [-0.25, -0.2) is 0 Å². The maximum absolute atomic E-state index is 5.12. The zero-order chi connectivity index (χ0) is 10.8. The lowest BCUT2D eigenvalue weighted by atomic mass is 10.2. The van der Waals surface area contributed by atoms with Crippen molar-refractivity contribution in [2.24, 2.45) is 5.73 Å². The molecule has 0 spiro atoms. The molecule has 1 aromatic carbocycles. The first kappa shape index (κ1) is 12.2. The average Bonchev–Trinajstić information content (AvgIpc) is 2.20. The van der Waals surface area contributed by atoms with Gasteiger partial charge >= 0.3 is 0 Å². The van der Waals surface area contributed by atoms with E-state index in [1.807, 2.05) is 49.4 Å². The summed E-state index contributed by atoms with van der Waals surface area (Å²) in [7, 11) is 0. The Morgan fingerprint density at radius 1 is 1.29 bits per heavy atom. The van der Waals surface area contributed by atoms with Crippen LogP contribution in [-0.4, -0.2) is 0 Å². The van der Waals surface area contributed by atoms with Crippen LogP contribution in [0.25, 0.3) is 6.08 Å². The molecule has 0 saturated heterocycles. The molecule has 0 saturated carbocycles. The quantitative estimate of drug-likeness (QED) is 0.706. The Morgan fingerprint density at radius 2 is 1.86 bits per heavy atom. The summed E-state index contributed by atoms with van der Waals surface area (Å²) < 4.78 is 0. The van der Waals surface area contributed by atoms with Crippen LogP contribution in [0.3, 0.4) is 0 Å². The minimum absolute atomic E-state index is 0.609. The second kappa shape index (κ2) is 7.87. The molecule has 0 aliphatic carbocycles. The van der Waals surface area contributed by atoms with E-state index in [0.717, 1.165) is 0 Å². The third kappa shape index (κ3) is 6.92. The molecular weight excluding hydrogens is 170 g/mol. The molecule has 1 aromatic rings. The maximum Gasteiger partial charge on any atom is 0.0237 e. The first-order chi connectivity index (χ1) is 6.70.